The highest BCUT2D eigenvalue weighted by molar-refractivity contribution is 5.81. The Bertz CT molecular complexity index is 581. The highest BCUT2D eigenvalue weighted by Crippen LogP contribution is 2.19. The van der Waals surface area contributed by atoms with E-state index in [0.717, 1.165) is 19.4 Å². The number of hydrogen-bond acceptors (Lipinski definition) is 1. The first-order valence-corrected chi connectivity index (χ1v) is 6.57. The fourth-order valence-electron chi connectivity index (χ4n) is 2.26. The average molecular weight is 242 g/mol. The van der Waals surface area contributed by atoms with E-state index in [1.807, 2.05) is 0 Å². The number of benzene rings is 1. The number of hydrogen-bond donors (Lipinski definition) is 1. The van der Waals surface area contributed by atoms with Gasteiger partial charge in [-0.1, -0.05) is 11.6 Å². The van der Waals surface area contributed by atoms with E-state index in [-0.39, 0.29) is 5.91 Å². The summed E-state index contributed by atoms with van der Waals surface area (Å²) >= 11 is 0. The van der Waals surface area contributed by atoms with Crippen molar-refractivity contribution < 1.29 is 4.79 Å². The molecule has 0 unspecified atom stereocenters. The second kappa shape index (κ2) is 4.48. The molecule has 1 fully saturated rings. The molecule has 2 aromatic rings. The van der Waals surface area contributed by atoms with Crippen LogP contribution < -0.4 is 5.32 Å². The monoisotopic (exact) mass is 242 g/mol. The Morgan fingerprint density at radius 3 is 3.00 bits per heavy atom. The maximum absolute atomic E-state index is 11.7. The minimum Gasteiger partial charge on any atom is -0.353 e. The van der Waals surface area contributed by atoms with E-state index < -0.39 is 0 Å². The number of aryl methyl sites for hydroxylation is 2. The predicted molar refractivity (Wildman–Crippen MR) is 72.5 cm³/mol. The zero-order valence-electron chi connectivity index (χ0n) is 10.6. The van der Waals surface area contributed by atoms with Crippen molar-refractivity contribution in [1.29, 1.82) is 0 Å². The lowest BCUT2D eigenvalue weighted by atomic mass is 10.2. The second-order valence-corrected chi connectivity index (χ2v) is 5.16. The van der Waals surface area contributed by atoms with E-state index in [0.29, 0.717) is 12.5 Å². The molecule has 0 saturated heterocycles. The summed E-state index contributed by atoms with van der Waals surface area (Å²) in [4.78, 5) is 11.7. The summed E-state index contributed by atoms with van der Waals surface area (Å²) in [6.45, 7) is 2.85. The fourth-order valence-corrected chi connectivity index (χ4v) is 2.26. The number of nitrogens with zero attached hydrogens (tertiary/aromatic N) is 1. The van der Waals surface area contributed by atoms with Crippen LogP contribution in [0.3, 0.4) is 0 Å². The predicted octanol–water partition coefficient (Wildman–Crippen LogP) is 2.62. The summed E-state index contributed by atoms with van der Waals surface area (Å²) in [6, 6.07) is 8.99. The topological polar surface area (TPSA) is 34.0 Å². The lowest BCUT2D eigenvalue weighted by molar-refractivity contribution is -0.121. The second-order valence-electron chi connectivity index (χ2n) is 5.16. The van der Waals surface area contributed by atoms with Gasteiger partial charge in [-0.25, -0.2) is 0 Å². The van der Waals surface area contributed by atoms with E-state index in [1.54, 1.807) is 0 Å². The number of nitrogens with one attached hydrogen (secondary N) is 1. The van der Waals surface area contributed by atoms with Crippen molar-refractivity contribution in [1.82, 2.24) is 9.88 Å². The molecule has 0 radical (unpaired) electrons. The maximum Gasteiger partial charge on any atom is 0.222 e. The number of amides is 1. The summed E-state index contributed by atoms with van der Waals surface area (Å²) in [5, 5.41) is 4.27. The van der Waals surface area contributed by atoms with Crippen LogP contribution in [0, 0.1) is 6.92 Å². The Balaban J connectivity index is 1.68. The van der Waals surface area contributed by atoms with E-state index in [4.69, 9.17) is 0 Å². The molecular formula is C15H18N2O. The van der Waals surface area contributed by atoms with Gasteiger partial charge in [-0.2, -0.15) is 0 Å². The van der Waals surface area contributed by atoms with Crippen molar-refractivity contribution in [2.24, 2.45) is 0 Å². The molecule has 1 N–H and O–H groups in total. The molecule has 1 amide bonds. The zero-order chi connectivity index (χ0) is 12.5. The van der Waals surface area contributed by atoms with Crippen LogP contribution in [0.1, 0.15) is 24.8 Å². The summed E-state index contributed by atoms with van der Waals surface area (Å²) in [5.41, 5.74) is 2.48. The van der Waals surface area contributed by atoms with Gasteiger partial charge in [0.05, 0.1) is 0 Å². The number of carbonyl (C=O) groups is 1. The Hall–Kier alpha value is -1.77. The fraction of sp³-hybridized carbons (Fsp3) is 0.400. The lowest BCUT2D eigenvalue weighted by Gasteiger charge is -2.06. The molecule has 0 aliphatic heterocycles. The van der Waals surface area contributed by atoms with Crippen LogP contribution in [0.15, 0.2) is 30.5 Å². The molecule has 1 saturated carbocycles. The minimum atomic E-state index is 0.173. The van der Waals surface area contributed by atoms with Crippen LogP contribution >= 0.6 is 0 Å². The van der Waals surface area contributed by atoms with Crippen molar-refractivity contribution in [2.45, 2.75) is 38.8 Å². The first-order valence-electron chi connectivity index (χ1n) is 6.57. The molecule has 94 valence electrons. The van der Waals surface area contributed by atoms with Crippen LogP contribution in [0.2, 0.25) is 0 Å². The van der Waals surface area contributed by atoms with Crippen LogP contribution in [0.4, 0.5) is 0 Å². The first kappa shape index (κ1) is 11.3. The van der Waals surface area contributed by atoms with Gasteiger partial charge in [-0.3, -0.25) is 4.79 Å². The molecule has 3 heteroatoms. The van der Waals surface area contributed by atoms with Gasteiger partial charge in [0.25, 0.3) is 0 Å². The van der Waals surface area contributed by atoms with E-state index >= 15 is 0 Å². The Morgan fingerprint density at radius 1 is 1.39 bits per heavy atom. The summed E-state index contributed by atoms with van der Waals surface area (Å²) in [6.07, 6.45) is 4.93. The Labute approximate surface area is 107 Å². The Morgan fingerprint density at radius 2 is 2.22 bits per heavy atom. The third kappa shape index (κ3) is 2.40. The van der Waals surface area contributed by atoms with E-state index in [9.17, 15) is 4.79 Å². The zero-order valence-corrected chi connectivity index (χ0v) is 10.6. The summed E-state index contributed by atoms with van der Waals surface area (Å²) in [7, 11) is 0. The highest BCUT2D eigenvalue weighted by Gasteiger charge is 2.22. The van der Waals surface area contributed by atoms with Gasteiger partial charge in [0, 0.05) is 30.7 Å². The third-order valence-electron chi connectivity index (χ3n) is 3.45. The van der Waals surface area contributed by atoms with Gasteiger partial charge in [-0.15, -0.1) is 0 Å². The SMILES string of the molecule is Cc1ccc2c(ccn2CCC(=O)NC2CC2)c1. The highest BCUT2D eigenvalue weighted by atomic mass is 16.1. The van der Waals surface area contributed by atoms with Crippen molar-refractivity contribution in [3.8, 4) is 0 Å². The molecule has 1 aromatic heterocycles. The molecule has 1 aliphatic rings. The van der Waals surface area contributed by atoms with Gasteiger partial charge >= 0.3 is 0 Å². The summed E-state index contributed by atoms with van der Waals surface area (Å²) < 4.78 is 2.15. The van der Waals surface area contributed by atoms with Gasteiger partial charge in [0.2, 0.25) is 5.91 Å². The number of rotatable bonds is 4. The van der Waals surface area contributed by atoms with Gasteiger partial charge in [-0.05, 0) is 43.4 Å². The molecule has 1 aliphatic carbocycles. The van der Waals surface area contributed by atoms with Crippen LogP contribution in [-0.4, -0.2) is 16.5 Å². The molecule has 1 heterocycles. The molecule has 1 aromatic carbocycles. The van der Waals surface area contributed by atoms with E-state index in [1.165, 1.54) is 16.5 Å². The first-order chi connectivity index (χ1) is 8.72. The van der Waals surface area contributed by atoms with Gasteiger partial charge in [0.15, 0.2) is 0 Å². The van der Waals surface area contributed by atoms with Crippen molar-refractivity contribution in [2.75, 3.05) is 0 Å². The lowest BCUT2D eigenvalue weighted by Crippen LogP contribution is -2.26. The van der Waals surface area contributed by atoms with Gasteiger partial charge in [0.1, 0.15) is 0 Å². The smallest absolute Gasteiger partial charge is 0.222 e. The number of fused-ring (bicyclic) bond motifs is 1. The quantitative estimate of drug-likeness (QED) is 0.878. The standard InChI is InChI=1S/C15H18N2O/c1-11-2-5-14-12(10-11)6-8-17(14)9-7-15(18)16-13-3-4-13/h2,5-6,8,10,13H,3-4,7,9H2,1H3,(H,16,18). The average Bonchev–Trinajstić information content (AvgIpc) is 3.06. The molecule has 0 atom stereocenters. The molecule has 3 rings (SSSR count). The minimum absolute atomic E-state index is 0.173. The third-order valence-corrected chi connectivity index (χ3v) is 3.45. The van der Waals surface area contributed by atoms with Crippen molar-refractivity contribution in [3.63, 3.8) is 0 Å². The molecule has 0 bridgehead atoms. The van der Waals surface area contributed by atoms with Crippen LogP contribution in [0.25, 0.3) is 10.9 Å². The number of aromatic nitrogens is 1. The van der Waals surface area contributed by atoms with Crippen LogP contribution in [-0.2, 0) is 11.3 Å². The Kier molecular flexibility index (Phi) is 2.82. The summed E-state index contributed by atoms with van der Waals surface area (Å²) in [5.74, 6) is 0.173. The maximum atomic E-state index is 11.7. The molecule has 0 spiro atoms. The number of carbonyl (C=O) groups excluding carboxylic acids is 1. The van der Waals surface area contributed by atoms with Crippen molar-refractivity contribution in [3.05, 3.63) is 36.0 Å². The molecular weight excluding hydrogens is 224 g/mol. The molecule has 18 heavy (non-hydrogen) atoms. The van der Waals surface area contributed by atoms with Crippen molar-refractivity contribution >= 4 is 16.8 Å². The van der Waals surface area contributed by atoms with Crippen LogP contribution in [0.5, 0.6) is 0 Å². The normalized spacial score (nSPS) is 14.9. The molecule has 3 nitrogen and oxygen atoms in total. The largest absolute Gasteiger partial charge is 0.353 e. The van der Waals surface area contributed by atoms with E-state index in [2.05, 4.69) is 47.3 Å². The van der Waals surface area contributed by atoms with Gasteiger partial charge < -0.3 is 9.88 Å².